The van der Waals surface area contributed by atoms with Gasteiger partial charge in [0.2, 0.25) is 0 Å². The molecule has 4 nitrogen and oxygen atoms in total. The molecule has 1 fully saturated rings. The van der Waals surface area contributed by atoms with Crippen LogP contribution in [0.1, 0.15) is 18.4 Å². The monoisotopic (exact) mass is 314 g/mol. The Morgan fingerprint density at radius 2 is 2.17 bits per heavy atom. The van der Waals surface area contributed by atoms with Crippen LogP contribution >= 0.6 is 15.9 Å². The molecular weight excluding hydrogens is 296 g/mol. The molecule has 0 saturated carbocycles. The molecule has 0 amide bonds. The van der Waals surface area contributed by atoms with Gasteiger partial charge in [0.05, 0.1) is 19.3 Å². The Bertz CT molecular complexity index is 351. The van der Waals surface area contributed by atoms with Gasteiger partial charge < -0.3 is 14.7 Å². The lowest BCUT2D eigenvalue weighted by Crippen LogP contribution is -2.38. The van der Waals surface area contributed by atoms with Crippen molar-refractivity contribution >= 4 is 15.9 Å². The fourth-order valence-electron chi connectivity index (χ4n) is 2.15. The van der Waals surface area contributed by atoms with Crippen molar-refractivity contribution in [1.82, 2.24) is 9.88 Å². The third-order valence-corrected chi connectivity index (χ3v) is 3.69. The average Bonchev–Trinajstić information content (AvgIpc) is 2.40. The highest BCUT2D eigenvalue weighted by Crippen LogP contribution is 2.15. The summed E-state index contributed by atoms with van der Waals surface area (Å²) in [5, 5.41) is 8.88. The maximum Gasteiger partial charge on any atom is 0.106 e. The number of pyridine rings is 1. The smallest absolute Gasteiger partial charge is 0.106 e. The van der Waals surface area contributed by atoms with Gasteiger partial charge in [-0.05, 0) is 40.4 Å². The summed E-state index contributed by atoms with van der Waals surface area (Å²) in [4.78, 5) is 6.46. The first-order chi connectivity index (χ1) is 8.78. The van der Waals surface area contributed by atoms with Crippen LogP contribution in [0.25, 0.3) is 0 Å². The zero-order chi connectivity index (χ0) is 12.8. The predicted molar refractivity (Wildman–Crippen MR) is 73.3 cm³/mol. The molecule has 1 saturated heterocycles. The van der Waals surface area contributed by atoms with Gasteiger partial charge in [0.1, 0.15) is 4.60 Å². The molecule has 0 unspecified atom stereocenters. The highest BCUT2D eigenvalue weighted by Gasteiger charge is 2.18. The van der Waals surface area contributed by atoms with E-state index in [4.69, 9.17) is 9.84 Å². The first-order valence-corrected chi connectivity index (χ1v) is 7.12. The zero-order valence-electron chi connectivity index (χ0n) is 10.4. The summed E-state index contributed by atoms with van der Waals surface area (Å²) in [5.41, 5.74) is 1.11. The van der Waals surface area contributed by atoms with Crippen molar-refractivity contribution in [2.24, 2.45) is 0 Å². The molecule has 5 heteroatoms. The number of piperidine rings is 1. The Labute approximate surface area is 116 Å². The minimum atomic E-state index is 0.246. The van der Waals surface area contributed by atoms with E-state index in [1.165, 1.54) is 0 Å². The number of ether oxygens (including phenoxy) is 1. The summed E-state index contributed by atoms with van der Waals surface area (Å²) in [6, 6.07) is 3.96. The number of nitrogens with zero attached hydrogens (tertiary/aromatic N) is 2. The second kappa shape index (κ2) is 7.19. The number of hydrogen-bond donors (Lipinski definition) is 1. The number of aromatic nitrogens is 1. The number of rotatable bonds is 5. The topological polar surface area (TPSA) is 45.6 Å². The standard InChI is InChI=1S/C13H19BrN2O2/c14-13-2-1-11(9-15-13)10-18-12-3-5-16(6-4-12)7-8-17/h1-2,9,12,17H,3-8,10H2. The fourth-order valence-corrected chi connectivity index (χ4v) is 2.38. The number of β-amino-alcohol motifs (C(OH)–C–C–N with tert-alkyl or cyclic N) is 1. The van der Waals surface area contributed by atoms with Gasteiger partial charge >= 0.3 is 0 Å². The van der Waals surface area contributed by atoms with Crippen molar-refractivity contribution in [3.8, 4) is 0 Å². The van der Waals surface area contributed by atoms with Crippen molar-refractivity contribution in [3.05, 3.63) is 28.5 Å². The lowest BCUT2D eigenvalue weighted by Gasteiger charge is -2.31. The van der Waals surface area contributed by atoms with E-state index in [-0.39, 0.29) is 6.61 Å². The minimum absolute atomic E-state index is 0.246. The fraction of sp³-hybridized carbons (Fsp3) is 0.615. The molecule has 2 rings (SSSR count). The van der Waals surface area contributed by atoms with Crippen molar-refractivity contribution in [3.63, 3.8) is 0 Å². The molecule has 0 aliphatic carbocycles. The Morgan fingerprint density at radius 3 is 2.78 bits per heavy atom. The van der Waals surface area contributed by atoms with Gasteiger partial charge in [-0.25, -0.2) is 4.98 Å². The molecule has 2 heterocycles. The summed E-state index contributed by atoms with van der Waals surface area (Å²) in [6.45, 7) is 3.69. The van der Waals surface area contributed by atoms with Crippen LogP contribution in [-0.2, 0) is 11.3 Å². The maximum absolute atomic E-state index is 8.88. The average molecular weight is 315 g/mol. The molecule has 0 atom stereocenters. The molecule has 1 N–H and O–H groups in total. The van der Waals surface area contributed by atoms with E-state index in [1.54, 1.807) is 0 Å². The predicted octanol–water partition coefficient (Wildman–Crippen LogP) is 1.82. The number of likely N-dealkylation sites (tertiary alicyclic amines) is 1. The largest absolute Gasteiger partial charge is 0.395 e. The van der Waals surface area contributed by atoms with Crippen LogP contribution in [0.2, 0.25) is 0 Å². The molecule has 100 valence electrons. The Kier molecular flexibility index (Phi) is 5.56. The molecule has 0 aromatic carbocycles. The number of aliphatic hydroxyl groups is 1. The first kappa shape index (κ1) is 13.9. The second-order valence-corrected chi connectivity index (χ2v) is 5.38. The number of halogens is 1. The first-order valence-electron chi connectivity index (χ1n) is 6.33. The van der Waals surface area contributed by atoms with E-state index in [2.05, 4.69) is 25.8 Å². The van der Waals surface area contributed by atoms with Gasteiger partial charge in [-0.3, -0.25) is 0 Å². The highest BCUT2D eigenvalue weighted by molar-refractivity contribution is 9.10. The molecule has 1 aromatic heterocycles. The molecule has 1 aliphatic rings. The summed E-state index contributed by atoms with van der Waals surface area (Å²) in [6.07, 6.45) is 4.27. The number of hydrogen-bond acceptors (Lipinski definition) is 4. The van der Waals surface area contributed by atoms with Crippen molar-refractivity contribution < 1.29 is 9.84 Å². The van der Waals surface area contributed by atoms with Crippen molar-refractivity contribution in [2.45, 2.75) is 25.6 Å². The number of aliphatic hydroxyl groups excluding tert-OH is 1. The summed E-state index contributed by atoms with van der Waals surface area (Å²) >= 11 is 3.32. The third-order valence-electron chi connectivity index (χ3n) is 3.23. The molecule has 18 heavy (non-hydrogen) atoms. The van der Waals surface area contributed by atoms with Gasteiger partial charge in [0, 0.05) is 25.8 Å². The summed E-state index contributed by atoms with van der Waals surface area (Å²) < 4.78 is 6.74. The third kappa shape index (κ3) is 4.31. The van der Waals surface area contributed by atoms with Crippen LogP contribution in [0.15, 0.2) is 22.9 Å². The van der Waals surface area contributed by atoms with Crippen molar-refractivity contribution in [1.29, 1.82) is 0 Å². The van der Waals surface area contributed by atoms with E-state index in [0.29, 0.717) is 12.7 Å². The molecule has 1 aliphatic heterocycles. The van der Waals surface area contributed by atoms with Gasteiger partial charge in [-0.15, -0.1) is 0 Å². The molecule has 0 radical (unpaired) electrons. The second-order valence-electron chi connectivity index (χ2n) is 4.56. The Hall–Kier alpha value is -0.490. The van der Waals surface area contributed by atoms with Gasteiger partial charge in [-0.1, -0.05) is 6.07 Å². The SMILES string of the molecule is OCCN1CCC(OCc2ccc(Br)nc2)CC1. The van der Waals surface area contributed by atoms with E-state index in [0.717, 1.165) is 42.6 Å². The van der Waals surface area contributed by atoms with Crippen LogP contribution in [0, 0.1) is 0 Å². The molecule has 0 spiro atoms. The van der Waals surface area contributed by atoms with Crippen LogP contribution in [0.4, 0.5) is 0 Å². The van der Waals surface area contributed by atoms with Crippen LogP contribution in [0.3, 0.4) is 0 Å². The quantitative estimate of drug-likeness (QED) is 0.842. The minimum Gasteiger partial charge on any atom is -0.395 e. The highest BCUT2D eigenvalue weighted by atomic mass is 79.9. The van der Waals surface area contributed by atoms with Crippen LogP contribution in [-0.4, -0.2) is 47.3 Å². The Balaban J connectivity index is 1.70. The van der Waals surface area contributed by atoms with E-state index in [9.17, 15) is 0 Å². The molecule has 1 aromatic rings. The van der Waals surface area contributed by atoms with E-state index < -0.39 is 0 Å². The van der Waals surface area contributed by atoms with Crippen LogP contribution < -0.4 is 0 Å². The van der Waals surface area contributed by atoms with E-state index >= 15 is 0 Å². The normalized spacial score (nSPS) is 18.1. The Morgan fingerprint density at radius 1 is 1.39 bits per heavy atom. The lowest BCUT2D eigenvalue weighted by atomic mass is 10.1. The van der Waals surface area contributed by atoms with Gasteiger partial charge in [-0.2, -0.15) is 0 Å². The zero-order valence-corrected chi connectivity index (χ0v) is 12.0. The summed E-state index contributed by atoms with van der Waals surface area (Å²) in [7, 11) is 0. The van der Waals surface area contributed by atoms with E-state index in [1.807, 2.05) is 18.3 Å². The van der Waals surface area contributed by atoms with Gasteiger partial charge in [0.25, 0.3) is 0 Å². The van der Waals surface area contributed by atoms with Crippen molar-refractivity contribution in [2.75, 3.05) is 26.2 Å². The summed E-state index contributed by atoms with van der Waals surface area (Å²) in [5.74, 6) is 0. The molecular formula is C13H19BrN2O2. The van der Waals surface area contributed by atoms with Crippen LogP contribution in [0.5, 0.6) is 0 Å². The maximum atomic E-state index is 8.88. The molecule has 0 bridgehead atoms. The van der Waals surface area contributed by atoms with Gasteiger partial charge in [0.15, 0.2) is 0 Å². The lowest BCUT2D eigenvalue weighted by molar-refractivity contribution is -0.00492.